The molecule has 0 saturated heterocycles. The highest BCUT2D eigenvalue weighted by Crippen LogP contribution is 2.29. The van der Waals surface area contributed by atoms with Gasteiger partial charge in [-0.05, 0) is 44.2 Å². The Balaban J connectivity index is 2.14. The van der Waals surface area contributed by atoms with Crippen molar-refractivity contribution in [2.75, 3.05) is 13.6 Å². The summed E-state index contributed by atoms with van der Waals surface area (Å²) in [5.41, 5.74) is 4.30. The van der Waals surface area contributed by atoms with Crippen molar-refractivity contribution in [3.05, 3.63) is 47.2 Å². The fourth-order valence-corrected chi connectivity index (χ4v) is 2.83. The summed E-state index contributed by atoms with van der Waals surface area (Å²) in [6.07, 6.45) is 1.96. The normalized spacial score (nSPS) is 16.4. The van der Waals surface area contributed by atoms with Gasteiger partial charge in [-0.3, -0.25) is 0 Å². The molecule has 0 fully saturated rings. The molecule has 4 heteroatoms. The van der Waals surface area contributed by atoms with Crippen LogP contribution in [0.25, 0.3) is 11.3 Å². The molecule has 0 N–H and O–H groups in total. The van der Waals surface area contributed by atoms with Crippen LogP contribution in [-0.4, -0.2) is 28.5 Å². The van der Waals surface area contributed by atoms with Crippen molar-refractivity contribution in [1.29, 1.82) is 0 Å². The van der Waals surface area contributed by atoms with Crippen LogP contribution in [0.4, 0.5) is 4.39 Å². The van der Waals surface area contributed by atoms with Crippen molar-refractivity contribution in [2.24, 2.45) is 0 Å². The third-order valence-electron chi connectivity index (χ3n) is 4.44. The van der Waals surface area contributed by atoms with E-state index in [9.17, 15) is 4.39 Å². The Morgan fingerprint density at radius 1 is 1.23 bits per heavy atom. The Hall–Kier alpha value is -1.81. The van der Waals surface area contributed by atoms with Gasteiger partial charge in [-0.25, -0.2) is 14.4 Å². The standard InChI is InChI=1S/C18H22FN3/c1-4-12(2)18-20-16-11-22(3)10-9-15(16)17(21-18)13-5-7-14(19)8-6-13/h5-8,12H,4,9-11H2,1-3H3. The van der Waals surface area contributed by atoms with Gasteiger partial charge < -0.3 is 4.90 Å². The number of aromatic nitrogens is 2. The van der Waals surface area contributed by atoms with Crippen LogP contribution in [-0.2, 0) is 13.0 Å². The van der Waals surface area contributed by atoms with E-state index in [-0.39, 0.29) is 5.82 Å². The first-order valence-corrected chi connectivity index (χ1v) is 7.92. The molecule has 0 bridgehead atoms. The highest BCUT2D eigenvalue weighted by Gasteiger charge is 2.22. The molecular weight excluding hydrogens is 277 g/mol. The second-order valence-electron chi connectivity index (χ2n) is 6.16. The molecule has 1 aromatic heterocycles. The average molecular weight is 299 g/mol. The van der Waals surface area contributed by atoms with Gasteiger partial charge in [-0.15, -0.1) is 0 Å². The van der Waals surface area contributed by atoms with Crippen LogP contribution in [0, 0.1) is 5.82 Å². The quantitative estimate of drug-likeness (QED) is 0.863. The average Bonchev–Trinajstić information content (AvgIpc) is 2.53. The molecule has 116 valence electrons. The lowest BCUT2D eigenvalue weighted by Crippen LogP contribution is -2.29. The number of hydrogen-bond acceptors (Lipinski definition) is 3. The highest BCUT2D eigenvalue weighted by atomic mass is 19.1. The molecule has 22 heavy (non-hydrogen) atoms. The van der Waals surface area contributed by atoms with Crippen molar-refractivity contribution in [2.45, 2.75) is 39.2 Å². The molecule has 2 aromatic rings. The maximum absolute atomic E-state index is 13.2. The summed E-state index contributed by atoms with van der Waals surface area (Å²) in [6.45, 7) is 6.17. The zero-order valence-electron chi connectivity index (χ0n) is 13.4. The first kappa shape index (κ1) is 15.1. The predicted octanol–water partition coefficient (Wildman–Crippen LogP) is 3.78. The van der Waals surface area contributed by atoms with E-state index in [0.29, 0.717) is 5.92 Å². The van der Waals surface area contributed by atoms with Crippen LogP contribution in [0.3, 0.4) is 0 Å². The van der Waals surface area contributed by atoms with Crippen molar-refractivity contribution >= 4 is 0 Å². The number of rotatable bonds is 3. The van der Waals surface area contributed by atoms with Gasteiger partial charge in [-0.2, -0.15) is 0 Å². The molecule has 1 aliphatic rings. The fourth-order valence-electron chi connectivity index (χ4n) is 2.83. The summed E-state index contributed by atoms with van der Waals surface area (Å²) in [5.74, 6) is 1.01. The van der Waals surface area contributed by atoms with Crippen LogP contribution in [0.2, 0.25) is 0 Å². The Bertz CT molecular complexity index is 667. The summed E-state index contributed by atoms with van der Waals surface area (Å²) in [4.78, 5) is 11.9. The van der Waals surface area contributed by atoms with E-state index in [1.807, 2.05) is 12.1 Å². The van der Waals surface area contributed by atoms with E-state index < -0.39 is 0 Å². The summed E-state index contributed by atoms with van der Waals surface area (Å²) < 4.78 is 13.2. The van der Waals surface area contributed by atoms with Gasteiger partial charge in [0.1, 0.15) is 11.6 Å². The van der Waals surface area contributed by atoms with Gasteiger partial charge in [-0.1, -0.05) is 13.8 Å². The predicted molar refractivity (Wildman–Crippen MR) is 86.2 cm³/mol. The molecule has 2 heterocycles. The third kappa shape index (κ3) is 2.88. The number of benzene rings is 1. The van der Waals surface area contributed by atoms with Gasteiger partial charge >= 0.3 is 0 Å². The first-order chi connectivity index (χ1) is 10.6. The summed E-state index contributed by atoms with van der Waals surface area (Å²) in [6, 6.07) is 6.64. The van der Waals surface area contributed by atoms with E-state index in [1.54, 1.807) is 0 Å². The Labute approximate surface area is 131 Å². The van der Waals surface area contributed by atoms with Crippen molar-refractivity contribution in [3.63, 3.8) is 0 Å². The molecule has 3 nitrogen and oxygen atoms in total. The van der Waals surface area contributed by atoms with Crippen molar-refractivity contribution < 1.29 is 4.39 Å². The largest absolute Gasteiger partial charge is 0.300 e. The number of hydrogen-bond donors (Lipinski definition) is 0. The molecule has 1 atom stereocenters. The lowest BCUT2D eigenvalue weighted by atomic mass is 9.97. The fraction of sp³-hybridized carbons (Fsp3) is 0.444. The molecule has 3 rings (SSSR count). The number of nitrogens with zero attached hydrogens (tertiary/aromatic N) is 3. The Kier molecular flexibility index (Phi) is 4.21. The van der Waals surface area contributed by atoms with Gasteiger partial charge in [0.15, 0.2) is 0 Å². The molecule has 0 saturated carbocycles. The third-order valence-corrected chi connectivity index (χ3v) is 4.44. The zero-order chi connectivity index (χ0) is 15.7. The van der Waals surface area contributed by atoms with Crippen LogP contribution < -0.4 is 0 Å². The van der Waals surface area contributed by atoms with Crippen LogP contribution >= 0.6 is 0 Å². The van der Waals surface area contributed by atoms with E-state index in [0.717, 1.165) is 48.7 Å². The van der Waals surface area contributed by atoms with Gasteiger partial charge in [0.05, 0.1) is 11.4 Å². The van der Waals surface area contributed by atoms with Crippen LogP contribution in [0.5, 0.6) is 0 Å². The molecule has 0 amide bonds. The number of likely N-dealkylation sites (N-methyl/N-ethyl adjacent to an activating group) is 1. The smallest absolute Gasteiger partial charge is 0.132 e. The molecular formula is C18H22FN3. The van der Waals surface area contributed by atoms with Gasteiger partial charge in [0.25, 0.3) is 0 Å². The number of halogens is 1. The lowest BCUT2D eigenvalue weighted by molar-refractivity contribution is 0.306. The Morgan fingerprint density at radius 3 is 2.64 bits per heavy atom. The molecule has 1 aromatic carbocycles. The summed E-state index contributed by atoms with van der Waals surface area (Å²) in [7, 11) is 2.12. The second kappa shape index (κ2) is 6.13. The molecule has 0 radical (unpaired) electrons. The molecule has 1 aliphatic heterocycles. The Morgan fingerprint density at radius 2 is 1.95 bits per heavy atom. The van der Waals surface area contributed by atoms with Gasteiger partial charge in [0, 0.05) is 30.1 Å². The van der Waals surface area contributed by atoms with Crippen molar-refractivity contribution in [1.82, 2.24) is 14.9 Å². The lowest BCUT2D eigenvalue weighted by Gasteiger charge is -2.27. The maximum atomic E-state index is 13.2. The van der Waals surface area contributed by atoms with Crippen molar-refractivity contribution in [3.8, 4) is 11.3 Å². The highest BCUT2D eigenvalue weighted by molar-refractivity contribution is 5.64. The van der Waals surface area contributed by atoms with Gasteiger partial charge in [0.2, 0.25) is 0 Å². The zero-order valence-corrected chi connectivity index (χ0v) is 13.4. The minimum absolute atomic E-state index is 0.214. The minimum atomic E-state index is -0.214. The van der Waals surface area contributed by atoms with E-state index in [4.69, 9.17) is 9.97 Å². The number of fused-ring (bicyclic) bond motifs is 1. The van der Waals surface area contributed by atoms with E-state index in [1.165, 1.54) is 17.7 Å². The van der Waals surface area contributed by atoms with Crippen LogP contribution in [0.15, 0.2) is 24.3 Å². The minimum Gasteiger partial charge on any atom is -0.300 e. The second-order valence-corrected chi connectivity index (χ2v) is 6.16. The van der Waals surface area contributed by atoms with E-state index in [2.05, 4.69) is 25.8 Å². The maximum Gasteiger partial charge on any atom is 0.132 e. The van der Waals surface area contributed by atoms with Crippen LogP contribution in [0.1, 0.15) is 43.3 Å². The topological polar surface area (TPSA) is 29.0 Å². The summed E-state index contributed by atoms with van der Waals surface area (Å²) >= 11 is 0. The molecule has 0 aliphatic carbocycles. The summed E-state index contributed by atoms with van der Waals surface area (Å²) in [5, 5.41) is 0. The SMILES string of the molecule is CCC(C)c1nc2c(c(-c3ccc(F)cc3)n1)CCN(C)C2. The monoisotopic (exact) mass is 299 g/mol. The molecule has 1 unspecified atom stereocenters. The first-order valence-electron chi connectivity index (χ1n) is 7.92. The molecule has 0 spiro atoms. The van der Waals surface area contributed by atoms with E-state index >= 15 is 0 Å².